The Balaban J connectivity index is 3.06. The molecule has 0 spiro atoms. The second kappa shape index (κ2) is 4.46. The number of hydrogen-bond donors (Lipinski definition) is 2. The molecule has 0 saturated carbocycles. The number of carbonyl (C=O) groups is 1. The maximum absolute atomic E-state index is 11.0. The average molecular weight is 240 g/mol. The molecule has 1 rings (SSSR count). The Labute approximate surface area is 93.8 Å². The van der Waals surface area contributed by atoms with Crippen LogP contribution in [0.2, 0.25) is 0 Å². The molecule has 16 heavy (non-hydrogen) atoms. The highest BCUT2D eigenvalue weighted by Gasteiger charge is 2.06. The quantitative estimate of drug-likeness (QED) is 0.738. The van der Waals surface area contributed by atoms with E-state index in [1.54, 1.807) is 25.1 Å². The molecule has 0 bridgehead atoms. The molecule has 0 unspecified atom stereocenters. The average Bonchev–Trinajstić information content (AvgIpc) is 2.17. The summed E-state index contributed by atoms with van der Waals surface area (Å²) in [5.74, 6) is -0.518. The van der Waals surface area contributed by atoms with Crippen molar-refractivity contribution >= 4 is 22.0 Å². The lowest BCUT2D eigenvalue weighted by Crippen LogP contribution is -2.12. The molecule has 5 nitrogen and oxygen atoms in total. The van der Waals surface area contributed by atoms with Gasteiger partial charge in [-0.15, -0.1) is 0 Å². The first-order chi connectivity index (χ1) is 7.30. The van der Waals surface area contributed by atoms with Crippen molar-refractivity contribution in [3.8, 4) is 0 Å². The van der Waals surface area contributed by atoms with Crippen LogP contribution in [-0.4, -0.2) is 14.3 Å². The number of primary sulfonamides is 1. The van der Waals surface area contributed by atoms with Crippen molar-refractivity contribution in [1.29, 1.82) is 0 Å². The third-order valence-electron chi connectivity index (χ3n) is 1.98. The number of primary amides is 1. The Morgan fingerprint density at radius 1 is 1.25 bits per heavy atom. The highest BCUT2D eigenvalue weighted by molar-refractivity contribution is 7.89. The van der Waals surface area contributed by atoms with Crippen molar-refractivity contribution in [2.24, 2.45) is 10.9 Å². The van der Waals surface area contributed by atoms with Gasteiger partial charge in [-0.05, 0) is 30.7 Å². The first-order valence-electron chi connectivity index (χ1n) is 4.41. The van der Waals surface area contributed by atoms with Gasteiger partial charge in [0.15, 0.2) is 0 Å². The van der Waals surface area contributed by atoms with Crippen molar-refractivity contribution in [1.82, 2.24) is 0 Å². The summed E-state index contributed by atoms with van der Waals surface area (Å²) in [5.41, 5.74) is 6.14. The zero-order chi connectivity index (χ0) is 12.3. The standard InChI is InChI=1S/C10H12N2O3S/c1-7(10(11)13)6-8-2-4-9(5-3-8)16(12,14)15/h2-6H,1H3,(H2,11,13)(H2,12,14,15)/b7-6+. The van der Waals surface area contributed by atoms with Crippen molar-refractivity contribution in [2.75, 3.05) is 0 Å². The van der Waals surface area contributed by atoms with Gasteiger partial charge in [0, 0.05) is 5.57 Å². The normalized spacial score (nSPS) is 12.5. The van der Waals surface area contributed by atoms with Crippen LogP contribution in [0.15, 0.2) is 34.7 Å². The molecule has 0 aliphatic carbocycles. The largest absolute Gasteiger partial charge is 0.366 e. The fourth-order valence-corrected chi connectivity index (χ4v) is 1.59. The zero-order valence-electron chi connectivity index (χ0n) is 8.67. The van der Waals surface area contributed by atoms with E-state index in [1.165, 1.54) is 12.1 Å². The van der Waals surface area contributed by atoms with Gasteiger partial charge in [-0.25, -0.2) is 13.6 Å². The van der Waals surface area contributed by atoms with E-state index in [9.17, 15) is 13.2 Å². The number of amides is 1. The van der Waals surface area contributed by atoms with Crippen molar-refractivity contribution in [3.05, 3.63) is 35.4 Å². The minimum Gasteiger partial charge on any atom is -0.366 e. The molecule has 86 valence electrons. The van der Waals surface area contributed by atoms with E-state index in [1.807, 2.05) is 0 Å². The van der Waals surface area contributed by atoms with Gasteiger partial charge in [-0.3, -0.25) is 4.79 Å². The molecule has 0 saturated heterocycles. The first-order valence-corrected chi connectivity index (χ1v) is 5.96. The van der Waals surface area contributed by atoms with Gasteiger partial charge in [0.2, 0.25) is 15.9 Å². The van der Waals surface area contributed by atoms with Gasteiger partial charge < -0.3 is 5.73 Å². The summed E-state index contributed by atoms with van der Waals surface area (Å²) >= 11 is 0. The van der Waals surface area contributed by atoms with Crippen LogP contribution in [0.25, 0.3) is 6.08 Å². The molecule has 1 aromatic rings. The molecular weight excluding hydrogens is 228 g/mol. The number of nitrogens with two attached hydrogens (primary N) is 2. The highest BCUT2D eigenvalue weighted by Crippen LogP contribution is 2.11. The molecule has 4 N–H and O–H groups in total. The molecule has 0 aromatic heterocycles. The lowest BCUT2D eigenvalue weighted by atomic mass is 10.1. The second-order valence-electron chi connectivity index (χ2n) is 3.31. The number of rotatable bonds is 3. The molecule has 0 fully saturated rings. The summed E-state index contributed by atoms with van der Waals surface area (Å²) in [5, 5.41) is 4.94. The van der Waals surface area contributed by atoms with E-state index >= 15 is 0 Å². The molecule has 0 heterocycles. The Bertz CT molecular complexity index is 530. The minimum atomic E-state index is -3.68. The van der Waals surface area contributed by atoms with E-state index in [0.29, 0.717) is 11.1 Å². The Hall–Kier alpha value is -1.66. The highest BCUT2D eigenvalue weighted by atomic mass is 32.2. The molecule has 0 radical (unpaired) electrons. The van der Waals surface area contributed by atoms with Crippen LogP contribution in [0.3, 0.4) is 0 Å². The Morgan fingerprint density at radius 3 is 2.12 bits per heavy atom. The maximum Gasteiger partial charge on any atom is 0.244 e. The fraction of sp³-hybridized carbons (Fsp3) is 0.100. The number of carbonyl (C=O) groups excluding carboxylic acids is 1. The van der Waals surface area contributed by atoms with Crippen LogP contribution < -0.4 is 10.9 Å². The third-order valence-corrected chi connectivity index (χ3v) is 2.91. The fourth-order valence-electron chi connectivity index (χ4n) is 1.07. The van der Waals surface area contributed by atoms with Crippen molar-refractivity contribution in [2.45, 2.75) is 11.8 Å². The molecule has 0 aliphatic rings. The summed E-state index contributed by atoms with van der Waals surface area (Å²) in [6, 6.07) is 5.84. The summed E-state index contributed by atoms with van der Waals surface area (Å²) < 4.78 is 21.9. The van der Waals surface area contributed by atoms with Gasteiger partial charge in [-0.1, -0.05) is 12.1 Å². The Kier molecular flexibility index (Phi) is 3.46. The number of hydrogen-bond acceptors (Lipinski definition) is 3. The monoisotopic (exact) mass is 240 g/mol. The van der Waals surface area contributed by atoms with E-state index in [-0.39, 0.29) is 4.90 Å². The molecule has 6 heteroatoms. The minimum absolute atomic E-state index is 0.0291. The van der Waals surface area contributed by atoms with Crippen molar-refractivity contribution < 1.29 is 13.2 Å². The van der Waals surface area contributed by atoms with Gasteiger partial charge in [0.05, 0.1) is 4.90 Å². The van der Waals surface area contributed by atoms with Gasteiger partial charge >= 0.3 is 0 Å². The SMILES string of the molecule is C/C(=C\c1ccc(S(N)(=O)=O)cc1)C(N)=O. The molecule has 1 aromatic carbocycles. The van der Waals surface area contributed by atoms with Crippen LogP contribution in [-0.2, 0) is 14.8 Å². The van der Waals surface area contributed by atoms with E-state index in [2.05, 4.69) is 0 Å². The molecule has 1 amide bonds. The van der Waals surface area contributed by atoms with E-state index < -0.39 is 15.9 Å². The molecular formula is C10H12N2O3S. The van der Waals surface area contributed by atoms with E-state index in [4.69, 9.17) is 10.9 Å². The first kappa shape index (κ1) is 12.4. The topological polar surface area (TPSA) is 103 Å². The van der Waals surface area contributed by atoms with Crippen LogP contribution in [0.1, 0.15) is 12.5 Å². The lowest BCUT2D eigenvalue weighted by molar-refractivity contribution is -0.114. The van der Waals surface area contributed by atoms with Crippen LogP contribution in [0.4, 0.5) is 0 Å². The van der Waals surface area contributed by atoms with Crippen LogP contribution in [0.5, 0.6) is 0 Å². The lowest BCUT2D eigenvalue weighted by Gasteiger charge is -1.99. The van der Waals surface area contributed by atoms with Gasteiger partial charge in [0.1, 0.15) is 0 Å². The second-order valence-corrected chi connectivity index (χ2v) is 4.87. The zero-order valence-corrected chi connectivity index (χ0v) is 9.49. The van der Waals surface area contributed by atoms with Crippen molar-refractivity contribution in [3.63, 3.8) is 0 Å². The summed E-state index contributed by atoms with van der Waals surface area (Å²) in [6.07, 6.45) is 1.56. The van der Waals surface area contributed by atoms with Crippen LogP contribution in [0, 0.1) is 0 Å². The summed E-state index contributed by atoms with van der Waals surface area (Å²) in [7, 11) is -3.68. The molecule has 0 aliphatic heterocycles. The number of benzene rings is 1. The molecule has 0 atom stereocenters. The summed E-state index contributed by atoms with van der Waals surface area (Å²) in [4.78, 5) is 10.8. The summed E-state index contributed by atoms with van der Waals surface area (Å²) in [6.45, 7) is 1.58. The van der Waals surface area contributed by atoms with Gasteiger partial charge in [-0.2, -0.15) is 0 Å². The number of sulfonamides is 1. The van der Waals surface area contributed by atoms with Gasteiger partial charge in [0.25, 0.3) is 0 Å². The van der Waals surface area contributed by atoms with E-state index in [0.717, 1.165) is 0 Å². The van der Waals surface area contributed by atoms with Crippen LogP contribution >= 0.6 is 0 Å². The smallest absolute Gasteiger partial charge is 0.244 e. The Morgan fingerprint density at radius 2 is 1.75 bits per heavy atom. The maximum atomic E-state index is 11.0. The third kappa shape index (κ3) is 3.18. The predicted molar refractivity (Wildman–Crippen MR) is 60.7 cm³/mol. The predicted octanol–water partition coefficient (Wildman–Crippen LogP) is 0.223.